The SMILES string of the molecule is CC.CC(F)(F)F.CCCc1cccc(O)c1. The van der Waals surface area contributed by atoms with Crippen LogP contribution in [0.3, 0.4) is 0 Å². The molecule has 0 saturated carbocycles. The maximum Gasteiger partial charge on any atom is 0.386 e. The van der Waals surface area contributed by atoms with E-state index in [9.17, 15) is 13.2 Å². The first kappa shape index (κ1) is 18.2. The van der Waals surface area contributed by atoms with Gasteiger partial charge in [-0.1, -0.05) is 39.3 Å². The van der Waals surface area contributed by atoms with E-state index in [1.54, 1.807) is 6.07 Å². The lowest BCUT2D eigenvalue weighted by molar-refractivity contribution is -0.110. The van der Waals surface area contributed by atoms with Crippen LogP contribution in [0.1, 0.15) is 39.7 Å². The molecule has 17 heavy (non-hydrogen) atoms. The molecule has 0 heterocycles. The maximum absolute atomic E-state index is 10.4. The molecule has 0 spiro atoms. The molecule has 0 unspecified atom stereocenters. The minimum atomic E-state index is -4.00. The molecule has 1 rings (SSSR count). The number of phenols is 1. The van der Waals surface area contributed by atoms with Gasteiger partial charge in [-0.05, 0) is 24.1 Å². The smallest absolute Gasteiger partial charge is 0.386 e. The van der Waals surface area contributed by atoms with Crippen molar-refractivity contribution in [3.63, 3.8) is 0 Å². The van der Waals surface area contributed by atoms with Crippen molar-refractivity contribution in [3.8, 4) is 5.75 Å². The van der Waals surface area contributed by atoms with Crippen molar-refractivity contribution in [2.24, 2.45) is 0 Å². The molecule has 0 aliphatic rings. The Morgan fingerprint density at radius 1 is 1.18 bits per heavy atom. The van der Waals surface area contributed by atoms with Crippen molar-refractivity contribution in [2.45, 2.75) is 46.7 Å². The van der Waals surface area contributed by atoms with Crippen LogP contribution in [0.25, 0.3) is 0 Å². The molecule has 0 saturated heterocycles. The summed E-state index contributed by atoms with van der Waals surface area (Å²) < 4.78 is 31.1. The third-order valence-electron chi connectivity index (χ3n) is 1.45. The van der Waals surface area contributed by atoms with Crippen LogP contribution in [-0.4, -0.2) is 11.3 Å². The quantitative estimate of drug-likeness (QED) is 0.788. The highest BCUT2D eigenvalue weighted by Gasteiger charge is 2.15. The summed E-state index contributed by atoms with van der Waals surface area (Å²) in [5.74, 6) is 0.367. The van der Waals surface area contributed by atoms with Crippen molar-refractivity contribution in [3.05, 3.63) is 29.8 Å². The molecule has 4 heteroatoms. The summed E-state index contributed by atoms with van der Waals surface area (Å²) in [4.78, 5) is 0. The second kappa shape index (κ2) is 10.00. The fourth-order valence-electron chi connectivity index (χ4n) is 1.00. The zero-order valence-corrected chi connectivity index (χ0v) is 10.8. The van der Waals surface area contributed by atoms with E-state index < -0.39 is 6.18 Å². The van der Waals surface area contributed by atoms with Crippen LogP contribution >= 0.6 is 0 Å². The summed E-state index contributed by atoms with van der Waals surface area (Å²) in [6, 6.07) is 7.41. The number of hydrogen-bond acceptors (Lipinski definition) is 1. The average Bonchev–Trinajstić information content (AvgIpc) is 2.19. The van der Waals surface area contributed by atoms with Gasteiger partial charge < -0.3 is 5.11 Å². The topological polar surface area (TPSA) is 20.2 Å². The number of rotatable bonds is 2. The van der Waals surface area contributed by atoms with Gasteiger partial charge in [0.05, 0.1) is 0 Å². The Morgan fingerprint density at radius 3 is 2.00 bits per heavy atom. The molecule has 0 fully saturated rings. The van der Waals surface area contributed by atoms with Gasteiger partial charge in [0, 0.05) is 6.92 Å². The normalized spacial score (nSPS) is 9.59. The Kier molecular flexibility index (Phi) is 10.7. The monoisotopic (exact) mass is 250 g/mol. The van der Waals surface area contributed by atoms with Gasteiger partial charge in [-0.2, -0.15) is 13.2 Å². The molecular formula is C13H21F3O. The summed E-state index contributed by atoms with van der Waals surface area (Å²) in [5.41, 5.74) is 1.21. The molecule has 1 nitrogen and oxygen atoms in total. The van der Waals surface area contributed by atoms with Gasteiger partial charge in [0.25, 0.3) is 0 Å². The fourth-order valence-corrected chi connectivity index (χ4v) is 1.00. The lowest BCUT2D eigenvalue weighted by Crippen LogP contribution is -1.95. The molecule has 0 aromatic heterocycles. The van der Waals surface area contributed by atoms with Gasteiger partial charge in [0.2, 0.25) is 0 Å². The summed E-state index contributed by atoms with van der Waals surface area (Å²) in [5, 5.41) is 9.04. The predicted molar refractivity (Wildman–Crippen MR) is 65.2 cm³/mol. The summed E-state index contributed by atoms with van der Waals surface area (Å²) in [6.45, 7) is 6.32. The van der Waals surface area contributed by atoms with E-state index in [0.717, 1.165) is 12.8 Å². The van der Waals surface area contributed by atoms with Crippen molar-refractivity contribution < 1.29 is 18.3 Å². The van der Waals surface area contributed by atoms with Crippen molar-refractivity contribution in [1.82, 2.24) is 0 Å². The van der Waals surface area contributed by atoms with E-state index in [-0.39, 0.29) is 6.92 Å². The summed E-state index contributed by atoms with van der Waals surface area (Å²) in [6.07, 6.45) is -1.82. The lowest BCUT2D eigenvalue weighted by Gasteiger charge is -1.97. The van der Waals surface area contributed by atoms with Crippen LogP contribution in [-0.2, 0) is 6.42 Å². The van der Waals surface area contributed by atoms with Crippen molar-refractivity contribution >= 4 is 0 Å². The Labute approximate surface area is 101 Å². The van der Waals surface area contributed by atoms with Gasteiger partial charge in [-0.25, -0.2) is 0 Å². The Bertz CT molecular complexity index is 276. The second-order valence-corrected chi connectivity index (χ2v) is 3.20. The highest BCUT2D eigenvalue weighted by Crippen LogP contribution is 2.11. The third-order valence-corrected chi connectivity index (χ3v) is 1.45. The molecule has 1 aromatic rings. The largest absolute Gasteiger partial charge is 0.508 e. The standard InChI is InChI=1S/C9H12O.C2H3F3.C2H6/c1-2-4-8-5-3-6-9(10)7-8;1-2(3,4)5;1-2/h3,5-7,10H,2,4H2,1H3;1H3;1-2H3. The molecule has 1 N–H and O–H groups in total. The first-order chi connectivity index (χ1) is 7.83. The van der Waals surface area contributed by atoms with E-state index in [1.165, 1.54) is 5.56 Å². The zero-order chi connectivity index (χ0) is 13.9. The highest BCUT2D eigenvalue weighted by molar-refractivity contribution is 5.26. The van der Waals surface area contributed by atoms with Crippen LogP contribution in [0.15, 0.2) is 24.3 Å². The zero-order valence-electron chi connectivity index (χ0n) is 10.8. The first-order valence-electron chi connectivity index (χ1n) is 5.67. The van der Waals surface area contributed by atoms with E-state index in [0.29, 0.717) is 5.75 Å². The van der Waals surface area contributed by atoms with E-state index in [4.69, 9.17) is 5.11 Å². The van der Waals surface area contributed by atoms with Gasteiger partial charge >= 0.3 is 6.18 Å². The predicted octanol–water partition coefficient (Wildman–Crippen LogP) is 4.94. The van der Waals surface area contributed by atoms with Gasteiger partial charge in [0.1, 0.15) is 5.75 Å². The average molecular weight is 250 g/mol. The van der Waals surface area contributed by atoms with Crippen LogP contribution in [0.2, 0.25) is 0 Å². The maximum atomic E-state index is 10.4. The minimum Gasteiger partial charge on any atom is -0.508 e. The van der Waals surface area contributed by atoms with Crippen molar-refractivity contribution in [1.29, 1.82) is 0 Å². The third kappa shape index (κ3) is 17.4. The number of aromatic hydroxyl groups is 1. The van der Waals surface area contributed by atoms with Gasteiger partial charge in [-0.15, -0.1) is 0 Å². The number of aryl methyl sites for hydroxylation is 1. The number of benzene rings is 1. The van der Waals surface area contributed by atoms with E-state index in [1.807, 2.05) is 32.0 Å². The second-order valence-electron chi connectivity index (χ2n) is 3.20. The lowest BCUT2D eigenvalue weighted by atomic mass is 10.1. The van der Waals surface area contributed by atoms with Crippen LogP contribution in [0.4, 0.5) is 13.2 Å². The molecule has 0 radical (unpaired) electrons. The van der Waals surface area contributed by atoms with E-state index in [2.05, 4.69) is 6.92 Å². The van der Waals surface area contributed by atoms with Gasteiger partial charge in [-0.3, -0.25) is 0 Å². The molecule has 0 aliphatic carbocycles. The molecule has 1 aromatic carbocycles. The minimum absolute atomic E-state index is 0.188. The fraction of sp³-hybridized carbons (Fsp3) is 0.538. The molecule has 0 atom stereocenters. The Balaban J connectivity index is 0. The molecule has 0 amide bonds. The molecule has 100 valence electrons. The first-order valence-corrected chi connectivity index (χ1v) is 5.67. The van der Waals surface area contributed by atoms with E-state index >= 15 is 0 Å². The number of alkyl halides is 3. The van der Waals surface area contributed by atoms with Gasteiger partial charge in [0.15, 0.2) is 0 Å². The Hall–Kier alpha value is -1.19. The Morgan fingerprint density at radius 2 is 1.65 bits per heavy atom. The van der Waals surface area contributed by atoms with Crippen molar-refractivity contribution in [2.75, 3.05) is 0 Å². The van der Waals surface area contributed by atoms with Crippen LogP contribution in [0.5, 0.6) is 5.75 Å². The molecular weight excluding hydrogens is 229 g/mol. The molecule has 0 bridgehead atoms. The molecule has 0 aliphatic heterocycles. The summed E-state index contributed by atoms with van der Waals surface area (Å²) in [7, 11) is 0. The number of halogens is 3. The number of hydrogen-bond donors (Lipinski definition) is 1. The highest BCUT2D eigenvalue weighted by atomic mass is 19.4. The van der Waals surface area contributed by atoms with Crippen LogP contribution in [0, 0.1) is 0 Å². The van der Waals surface area contributed by atoms with Crippen LogP contribution < -0.4 is 0 Å². The summed E-state index contributed by atoms with van der Waals surface area (Å²) >= 11 is 0. The number of phenolic OH excluding ortho intramolecular Hbond substituents is 1.